The minimum absolute atomic E-state index is 0.0635. The number of hydrogen-bond donors (Lipinski definition) is 2. The van der Waals surface area contributed by atoms with Crippen LogP contribution in [0.3, 0.4) is 0 Å². The van der Waals surface area contributed by atoms with Crippen LogP contribution in [0.1, 0.15) is 71.8 Å². The molecule has 1 heterocycles. The van der Waals surface area contributed by atoms with Crippen LogP contribution in [0.15, 0.2) is 42.0 Å². The number of fused-ring (bicyclic) bond motifs is 1. The van der Waals surface area contributed by atoms with Crippen molar-refractivity contribution in [3.05, 3.63) is 58.1 Å². The van der Waals surface area contributed by atoms with Gasteiger partial charge in [0, 0.05) is 17.0 Å². The Balaban J connectivity index is 1.38. The molecule has 0 spiro atoms. The highest BCUT2D eigenvalue weighted by molar-refractivity contribution is 7.15. The first kappa shape index (κ1) is 19.8. The smallest absolute Gasteiger partial charge is 0.257 e. The van der Waals surface area contributed by atoms with Crippen LogP contribution in [-0.4, -0.2) is 23.3 Å². The molecule has 0 aliphatic heterocycles. The molecular weight excluding hydrogens is 382 g/mol. The predicted octanol–water partition coefficient (Wildman–Crippen LogP) is 4.82. The van der Waals surface area contributed by atoms with Gasteiger partial charge < -0.3 is 5.32 Å². The second kappa shape index (κ2) is 9.35. The normalized spacial score (nSPS) is 18.5. The highest BCUT2D eigenvalue weighted by Gasteiger charge is 2.30. The molecule has 1 atom stereocenters. The molecule has 6 heteroatoms. The van der Waals surface area contributed by atoms with Gasteiger partial charge in [-0.2, -0.15) is 0 Å². The van der Waals surface area contributed by atoms with Crippen molar-refractivity contribution in [3.63, 3.8) is 0 Å². The summed E-state index contributed by atoms with van der Waals surface area (Å²) < 4.78 is 0. The number of rotatable bonds is 6. The number of allylic oxidation sites excluding steroid dienone is 1. The van der Waals surface area contributed by atoms with E-state index in [2.05, 4.69) is 21.7 Å². The zero-order valence-electron chi connectivity index (χ0n) is 16.6. The maximum absolute atomic E-state index is 12.8. The van der Waals surface area contributed by atoms with E-state index in [0.717, 1.165) is 36.3 Å². The third-order valence-corrected chi connectivity index (χ3v) is 6.70. The maximum atomic E-state index is 12.8. The Morgan fingerprint density at radius 1 is 1.10 bits per heavy atom. The minimum atomic E-state index is -0.210. The summed E-state index contributed by atoms with van der Waals surface area (Å²) in [4.78, 5) is 31.0. The summed E-state index contributed by atoms with van der Waals surface area (Å²) in [5, 5.41) is 6.58. The summed E-state index contributed by atoms with van der Waals surface area (Å²) in [7, 11) is 0. The lowest BCUT2D eigenvalue weighted by atomic mass is 9.90. The predicted molar refractivity (Wildman–Crippen MR) is 116 cm³/mol. The van der Waals surface area contributed by atoms with Gasteiger partial charge in [0.1, 0.15) is 0 Å². The van der Waals surface area contributed by atoms with Crippen molar-refractivity contribution in [1.29, 1.82) is 0 Å². The van der Waals surface area contributed by atoms with E-state index in [9.17, 15) is 9.59 Å². The van der Waals surface area contributed by atoms with E-state index >= 15 is 0 Å². The molecule has 0 unspecified atom stereocenters. The number of aromatic nitrogens is 1. The average molecular weight is 410 g/mol. The first-order valence-electron chi connectivity index (χ1n) is 10.5. The van der Waals surface area contributed by atoms with E-state index in [4.69, 9.17) is 0 Å². The van der Waals surface area contributed by atoms with Crippen LogP contribution in [0.2, 0.25) is 0 Å². The summed E-state index contributed by atoms with van der Waals surface area (Å²) >= 11 is 1.49. The Kier molecular flexibility index (Phi) is 6.39. The SMILES string of the molecule is O=C(Nc1nc2c(s1)CCC[C@@H]2C(=O)NCCC1=CCCCC1)c1ccccc1. The summed E-state index contributed by atoms with van der Waals surface area (Å²) in [5.74, 6) is -0.315. The van der Waals surface area contributed by atoms with Crippen molar-refractivity contribution >= 4 is 28.3 Å². The number of anilines is 1. The maximum Gasteiger partial charge on any atom is 0.257 e. The quantitative estimate of drug-likeness (QED) is 0.672. The number of aryl methyl sites for hydroxylation is 1. The largest absolute Gasteiger partial charge is 0.355 e. The Morgan fingerprint density at radius 2 is 1.97 bits per heavy atom. The first-order chi connectivity index (χ1) is 14.2. The van der Waals surface area contributed by atoms with Crippen LogP contribution in [0.25, 0.3) is 0 Å². The zero-order chi connectivity index (χ0) is 20.1. The standard InChI is InChI=1S/C23H27N3O2S/c27-21(17-10-5-2-6-11-17)26-23-25-20-18(12-7-13-19(20)29-23)22(28)24-15-14-16-8-3-1-4-9-16/h2,5-6,8,10-11,18H,1,3-4,7,9,12-15H2,(H,24,28)(H,25,26,27)/t18-/m0/s1. The van der Waals surface area contributed by atoms with E-state index < -0.39 is 0 Å². The first-order valence-corrected chi connectivity index (χ1v) is 11.3. The van der Waals surface area contributed by atoms with E-state index in [-0.39, 0.29) is 17.7 Å². The number of benzene rings is 1. The third-order valence-electron chi connectivity index (χ3n) is 5.66. The number of carbonyl (C=O) groups is 2. The lowest BCUT2D eigenvalue weighted by Gasteiger charge is -2.21. The van der Waals surface area contributed by atoms with Crippen LogP contribution in [0.5, 0.6) is 0 Å². The van der Waals surface area contributed by atoms with Gasteiger partial charge in [-0.3, -0.25) is 14.9 Å². The van der Waals surface area contributed by atoms with E-state index in [0.29, 0.717) is 17.2 Å². The highest BCUT2D eigenvalue weighted by atomic mass is 32.1. The molecule has 0 fully saturated rings. The molecule has 5 nitrogen and oxygen atoms in total. The summed E-state index contributed by atoms with van der Waals surface area (Å²) in [6, 6.07) is 9.12. The van der Waals surface area contributed by atoms with E-state index in [1.165, 1.54) is 42.6 Å². The van der Waals surface area contributed by atoms with E-state index in [1.807, 2.05) is 18.2 Å². The third kappa shape index (κ3) is 4.93. The van der Waals surface area contributed by atoms with Crippen LogP contribution in [-0.2, 0) is 11.2 Å². The number of nitrogens with zero attached hydrogens (tertiary/aromatic N) is 1. The molecule has 4 rings (SSSR count). The summed E-state index contributed by atoms with van der Waals surface area (Å²) in [5.41, 5.74) is 2.92. The Labute approximate surface area is 175 Å². The zero-order valence-corrected chi connectivity index (χ0v) is 17.4. The topological polar surface area (TPSA) is 71.1 Å². The van der Waals surface area contributed by atoms with Gasteiger partial charge in [-0.05, 0) is 63.5 Å². The van der Waals surface area contributed by atoms with Gasteiger partial charge in [0.2, 0.25) is 5.91 Å². The molecular formula is C23H27N3O2S. The van der Waals surface area contributed by atoms with Gasteiger partial charge in [-0.1, -0.05) is 29.8 Å². The molecule has 2 aromatic rings. The molecule has 0 radical (unpaired) electrons. The summed E-state index contributed by atoms with van der Waals surface area (Å²) in [6.45, 7) is 0.693. The second-order valence-corrected chi connectivity index (χ2v) is 8.83. The van der Waals surface area contributed by atoms with Gasteiger partial charge in [-0.25, -0.2) is 4.98 Å². The second-order valence-electron chi connectivity index (χ2n) is 7.74. The molecule has 0 bridgehead atoms. The van der Waals surface area contributed by atoms with Gasteiger partial charge in [-0.15, -0.1) is 11.3 Å². The van der Waals surface area contributed by atoms with Crippen molar-refractivity contribution in [2.45, 2.75) is 57.3 Å². The number of nitrogens with one attached hydrogen (secondary N) is 2. The van der Waals surface area contributed by atoms with Gasteiger partial charge in [0.25, 0.3) is 5.91 Å². The lowest BCUT2D eigenvalue weighted by molar-refractivity contribution is -0.122. The average Bonchev–Trinajstić information content (AvgIpc) is 3.17. The van der Waals surface area contributed by atoms with Gasteiger partial charge >= 0.3 is 0 Å². The fourth-order valence-electron chi connectivity index (χ4n) is 4.09. The lowest BCUT2D eigenvalue weighted by Crippen LogP contribution is -2.32. The van der Waals surface area contributed by atoms with Crippen molar-refractivity contribution in [3.8, 4) is 0 Å². The molecule has 2 aliphatic carbocycles. The van der Waals surface area contributed by atoms with Crippen molar-refractivity contribution in [1.82, 2.24) is 10.3 Å². The molecule has 2 aliphatic rings. The van der Waals surface area contributed by atoms with Crippen LogP contribution in [0.4, 0.5) is 5.13 Å². The summed E-state index contributed by atoms with van der Waals surface area (Å²) in [6.07, 6.45) is 10.9. The molecule has 1 aromatic carbocycles. The van der Waals surface area contributed by atoms with Crippen LogP contribution >= 0.6 is 11.3 Å². The van der Waals surface area contributed by atoms with Crippen molar-refractivity contribution in [2.24, 2.45) is 0 Å². The van der Waals surface area contributed by atoms with Crippen LogP contribution in [0, 0.1) is 0 Å². The van der Waals surface area contributed by atoms with Gasteiger partial charge in [0.15, 0.2) is 5.13 Å². The fourth-order valence-corrected chi connectivity index (χ4v) is 5.15. The molecule has 2 N–H and O–H groups in total. The van der Waals surface area contributed by atoms with Crippen LogP contribution < -0.4 is 10.6 Å². The molecule has 152 valence electrons. The Hall–Kier alpha value is -2.47. The molecule has 29 heavy (non-hydrogen) atoms. The molecule has 0 saturated heterocycles. The van der Waals surface area contributed by atoms with Gasteiger partial charge in [0.05, 0.1) is 11.6 Å². The monoisotopic (exact) mass is 409 g/mol. The number of amides is 2. The van der Waals surface area contributed by atoms with Crippen molar-refractivity contribution < 1.29 is 9.59 Å². The number of carbonyl (C=O) groups excluding carboxylic acids is 2. The Bertz CT molecular complexity index is 904. The van der Waals surface area contributed by atoms with E-state index in [1.54, 1.807) is 12.1 Å². The fraction of sp³-hybridized carbons (Fsp3) is 0.435. The number of thiazole rings is 1. The minimum Gasteiger partial charge on any atom is -0.355 e. The molecule has 1 aromatic heterocycles. The highest BCUT2D eigenvalue weighted by Crippen LogP contribution is 2.37. The Morgan fingerprint density at radius 3 is 2.76 bits per heavy atom. The molecule has 2 amide bonds. The van der Waals surface area contributed by atoms with Crippen molar-refractivity contribution in [2.75, 3.05) is 11.9 Å². The number of hydrogen-bond acceptors (Lipinski definition) is 4. The molecule has 0 saturated carbocycles.